The minimum atomic E-state index is -0.0976. The third-order valence-corrected chi connectivity index (χ3v) is 3.60. The average molecular weight is 304 g/mol. The maximum atomic E-state index is 12.0. The second kappa shape index (κ2) is 5.36. The van der Waals surface area contributed by atoms with E-state index in [9.17, 15) is 4.79 Å². The van der Waals surface area contributed by atoms with E-state index in [-0.39, 0.29) is 5.91 Å². The smallest absolute Gasteiger partial charge is 0.255 e. The van der Waals surface area contributed by atoms with E-state index in [1.165, 1.54) is 5.56 Å². The predicted octanol–water partition coefficient (Wildman–Crippen LogP) is 4.32. The first-order valence-electron chi connectivity index (χ1n) is 5.70. The molecule has 0 heterocycles. The number of anilines is 1. The van der Waals surface area contributed by atoms with Crippen LogP contribution >= 0.6 is 15.9 Å². The number of carbonyl (C=O) groups excluding carboxylic acids is 1. The Balaban J connectivity index is 2.16. The maximum Gasteiger partial charge on any atom is 0.255 e. The van der Waals surface area contributed by atoms with Gasteiger partial charge in [-0.3, -0.25) is 4.79 Å². The first-order valence-corrected chi connectivity index (χ1v) is 6.50. The Labute approximate surface area is 115 Å². The van der Waals surface area contributed by atoms with Crippen LogP contribution in [0.4, 0.5) is 5.69 Å². The van der Waals surface area contributed by atoms with Gasteiger partial charge in [0.25, 0.3) is 5.91 Å². The molecule has 0 fully saturated rings. The highest BCUT2D eigenvalue weighted by atomic mass is 79.9. The number of nitrogens with one attached hydrogen (secondary N) is 1. The van der Waals surface area contributed by atoms with Gasteiger partial charge in [-0.05, 0) is 43.7 Å². The van der Waals surface area contributed by atoms with Crippen LogP contribution in [0, 0.1) is 13.8 Å². The molecule has 1 N–H and O–H groups in total. The first-order chi connectivity index (χ1) is 8.56. The number of aryl methyl sites for hydroxylation is 2. The van der Waals surface area contributed by atoms with E-state index in [0.29, 0.717) is 5.56 Å². The van der Waals surface area contributed by atoms with Gasteiger partial charge < -0.3 is 5.32 Å². The van der Waals surface area contributed by atoms with Gasteiger partial charge in [0.05, 0.1) is 0 Å². The Morgan fingerprint density at radius 1 is 1.06 bits per heavy atom. The van der Waals surface area contributed by atoms with Crippen LogP contribution < -0.4 is 5.32 Å². The van der Waals surface area contributed by atoms with Crippen LogP contribution in [0.1, 0.15) is 21.5 Å². The van der Waals surface area contributed by atoms with Crippen molar-refractivity contribution < 1.29 is 4.79 Å². The van der Waals surface area contributed by atoms with Gasteiger partial charge in [0.1, 0.15) is 0 Å². The molecular weight excluding hydrogens is 290 g/mol. The van der Waals surface area contributed by atoms with Crippen LogP contribution in [-0.2, 0) is 0 Å². The molecule has 0 radical (unpaired) electrons. The molecule has 0 aromatic heterocycles. The first kappa shape index (κ1) is 12.8. The van der Waals surface area contributed by atoms with Gasteiger partial charge >= 0.3 is 0 Å². The lowest BCUT2D eigenvalue weighted by Crippen LogP contribution is -2.11. The zero-order valence-electron chi connectivity index (χ0n) is 10.3. The Bertz CT molecular complexity index is 576. The summed E-state index contributed by atoms with van der Waals surface area (Å²) in [5, 5.41) is 2.87. The summed E-state index contributed by atoms with van der Waals surface area (Å²) in [5.74, 6) is -0.0976. The lowest BCUT2D eigenvalue weighted by molar-refractivity contribution is 0.102. The summed E-state index contributed by atoms with van der Waals surface area (Å²) in [7, 11) is 0. The molecule has 2 nitrogen and oxygen atoms in total. The van der Waals surface area contributed by atoms with E-state index in [2.05, 4.69) is 21.2 Å². The zero-order chi connectivity index (χ0) is 13.1. The largest absolute Gasteiger partial charge is 0.322 e. The quantitative estimate of drug-likeness (QED) is 0.879. The SMILES string of the molecule is Cc1ccc(NC(=O)c2ccc(C)c(Br)c2)cc1. The Hall–Kier alpha value is -1.61. The average Bonchev–Trinajstić information content (AvgIpc) is 2.35. The fourth-order valence-corrected chi connectivity index (χ4v) is 1.95. The molecule has 18 heavy (non-hydrogen) atoms. The standard InChI is InChI=1S/C15H14BrNO/c1-10-3-7-13(8-4-10)17-15(18)12-6-5-11(2)14(16)9-12/h3-9H,1-2H3,(H,17,18). The van der Waals surface area contributed by atoms with Crippen molar-refractivity contribution in [2.24, 2.45) is 0 Å². The minimum absolute atomic E-state index is 0.0976. The van der Waals surface area contributed by atoms with E-state index in [1.807, 2.05) is 56.3 Å². The molecule has 0 aliphatic rings. The molecule has 0 saturated carbocycles. The van der Waals surface area contributed by atoms with Crippen molar-refractivity contribution in [3.8, 4) is 0 Å². The van der Waals surface area contributed by atoms with Gasteiger partial charge in [0.2, 0.25) is 0 Å². The van der Waals surface area contributed by atoms with E-state index >= 15 is 0 Å². The monoisotopic (exact) mass is 303 g/mol. The fraction of sp³-hybridized carbons (Fsp3) is 0.133. The van der Waals surface area contributed by atoms with Crippen molar-refractivity contribution >= 4 is 27.5 Å². The van der Waals surface area contributed by atoms with E-state index in [0.717, 1.165) is 15.7 Å². The van der Waals surface area contributed by atoms with Crippen LogP contribution in [0.5, 0.6) is 0 Å². The highest BCUT2D eigenvalue weighted by Gasteiger charge is 2.07. The van der Waals surface area contributed by atoms with E-state index < -0.39 is 0 Å². The fourth-order valence-electron chi connectivity index (χ4n) is 1.57. The maximum absolute atomic E-state index is 12.0. The normalized spacial score (nSPS) is 10.2. The molecule has 0 aliphatic carbocycles. The molecule has 3 heteroatoms. The molecule has 2 aromatic rings. The van der Waals surface area contributed by atoms with Crippen LogP contribution in [-0.4, -0.2) is 5.91 Å². The molecule has 0 atom stereocenters. The number of carbonyl (C=O) groups is 1. The van der Waals surface area contributed by atoms with Crippen molar-refractivity contribution in [1.82, 2.24) is 0 Å². The Morgan fingerprint density at radius 2 is 1.72 bits per heavy atom. The summed E-state index contributed by atoms with van der Waals surface area (Å²) in [6.45, 7) is 4.01. The molecule has 0 aliphatic heterocycles. The Kier molecular flexibility index (Phi) is 3.82. The lowest BCUT2D eigenvalue weighted by Gasteiger charge is -2.07. The van der Waals surface area contributed by atoms with E-state index in [1.54, 1.807) is 0 Å². The third kappa shape index (κ3) is 2.99. The number of benzene rings is 2. The molecule has 0 unspecified atom stereocenters. The summed E-state index contributed by atoms with van der Waals surface area (Å²) in [6, 6.07) is 13.3. The third-order valence-electron chi connectivity index (χ3n) is 2.74. The van der Waals surface area contributed by atoms with Crippen LogP contribution in [0.15, 0.2) is 46.9 Å². The van der Waals surface area contributed by atoms with Crippen molar-refractivity contribution in [2.75, 3.05) is 5.32 Å². The predicted molar refractivity (Wildman–Crippen MR) is 78.0 cm³/mol. The molecule has 2 aromatic carbocycles. The van der Waals surface area contributed by atoms with Gasteiger partial charge in [0.15, 0.2) is 0 Å². The van der Waals surface area contributed by atoms with Crippen LogP contribution in [0.3, 0.4) is 0 Å². The van der Waals surface area contributed by atoms with Crippen LogP contribution in [0.25, 0.3) is 0 Å². The summed E-state index contributed by atoms with van der Waals surface area (Å²) >= 11 is 3.43. The summed E-state index contributed by atoms with van der Waals surface area (Å²) < 4.78 is 0.944. The highest BCUT2D eigenvalue weighted by molar-refractivity contribution is 9.10. The van der Waals surface area contributed by atoms with Crippen molar-refractivity contribution in [2.45, 2.75) is 13.8 Å². The second-order valence-corrected chi connectivity index (χ2v) is 5.14. The topological polar surface area (TPSA) is 29.1 Å². The van der Waals surface area contributed by atoms with E-state index in [4.69, 9.17) is 0 Å². The molecular formula is C15H14BrNO. The second-order valence-electron chi connectivity index (χ2n) is 4.28. The molecule has 1 amide bonds. The van der Waals surface area contributed by atoms with Gasteiger partial charge in [-0.25, -0.2) is 0 Å². The zero-order valence-corrected chi connectivity index (χ0v) is 11.9. The van der Waals surface area contributed by atoms with Gasteiger partial charge in [-0.1, -0.05) is 39.7 Å². The number of halogens is 1. The Morgan fingerprint density at radius 3 is 2.33 bits per heavy atom. The van der Waals surface area contributed by atoms with Gasteiger partial charge in [-0.2, -0.15) is 0 Å². The summed E-state index contributed by atoms with van der Waals surface area (Å²) in [5.41, 5.74) is 3.74. The number of amides is 1. The molecule has 0 bridgehead atoms. The molecule has 92 valence electrons. The van der Waals surface area contributed by atoms with Crippen LogP contribution in [0.2, 0.25) is 0 Å². The van der Waals surface area contributed by atoms with Crippen molar-refractivity contribution in [1.29, 1.82) is 0 Å². The molecule has 0 saturated heterocycles. The van der Waals surface area contributed by atoms with Crippen molar-refractivity contribution in [3.63, 3.8) is 0 Å². The number of hydrogen-bond acceptors (Lipinski definition) is 1. The van der Waals surface area contributed by atoms with Crippen molar-refractivity contribution in [3.05, 3.63) is 63.6 Å². The number of hydrogen-bond donors (Lipinski definition) is 1. The summed E-state index contributed by atoms with van der Waals surface area (Å²) in [4.78, 5) is 12.0. The number of rotatable bonds is 2. The lowest BCUT2D eigenvalue weighted by atomic mass is 10.1. The van der Waals surface area contributed by atoms with Gasteiger partial charge in [-0.15, -0.1) is 0 Å². The minimum Gasteiger partial charge on any atom is -0.322 e. The molecule has 2 rings (SSSR count). The highest BCUT2D eigenvalue weighted by Crippen LogP contribution is 2.18. The van der Waals surface area contributed by atoms with Gasteiger partial charge in [0, 0.05) is 15.7 Å². The summed E-state index contributed by atoms with van der Waals surface area (Å²) in [6.07, 6.45) is 0. The molecule has 0 spiro atoms.